The Labute approximate surface area is 111 Å². The van der Waals surface area contributed by atoms with Crippen LogP contribution in [0.1, 0.15) is 15.9 Å². The maximum atomic E-state index is 11.8. The van der Waals surface area contributed by atoms with Gasteiger partial charge in [0.1, 0.15) is 5.84 Å². The summed E-state index contributed by atoms with van der Waals surface area (Å²) in [6.07, 6.45) is 0. The average Bonchev–Trinajstić information content (AvgIpc) is 2.48. The summed E-state index contributed by atoms with van der Waals surface area (Å²) in [5, 5.41) is 7.93. The Morgan fingerprint density at radius 3 is 1.88 bits per heavy atom. The molecule has 1 N–H and O–H groups in total. The molecule has 1 heterocycles. The number of benzene rings is 1. The molecule has 1 aromatic rings. The lowest BCUT2D eigenvalue weighted by Crippen LogP contribution is -2.24. The summed E-state index contributed by atoms with van der Waals surface area (Å²) in [5.41, 5.74) is 0.363. The first-order valence-corrected chi connectivity index (χ1v) is 5.62. The summed E-state index contributed by atoms with van der Waals surface area (Å²) in [5.74, 6) is -0.448. The number of carbonyl (C=O) groups is 1. The summed E-state index contributed by atoms with van der Waals surface area (Å²) in [6, 6.07) is 0. The van der Waals surface area contributed by atoms with Crippen LogP contribution in [0.3, 0.4) is 0 Å². The van der Waals surface area contributed by atoms with Crippen LogP contribution in [0.15, 0.2) is 0 Å². The summed E-state index contributed by atoms with van der Waals surface area (Å²) in [6.45, 7) is 0. The Balaban J connectivity index is 2.91. The highest BCUT2D eigenvalue weighted by molar-refractivity contribution is 6.55. The first kappa shape index (κ1) is 12.0. The maximum absolute atomic E-state index is 11.8. The second-order valence-electron chi connectivity index (χ2n) is 3.22. The zero-order valence-corrected chi connectivity index (χ0v) is 10.9. The van der Waals surface area contributed by atoms with Crippen molar-refractivity contribution in [1.82, 2.24) is 4.90 Å². The molecular weight excluding hydrogens is 294 g/mol. The van der Waals surface area contributed by atoms with Gasteiger partial charge in [-0.25, -0.2) is 0 Å². The van der Waals surface area contributed by atoms with Crippen LogP contribution in [0.25, 0.3) is 0 Å². The third kappa shape index (κ3) is 1.36. The van der Waals surface area contributed by atoms with Gasteiger partial charge in [-0.1, -0.05) is 46.4 Å². The predicted molar refractivity (Wildman–Crippen MR) is 65.4 cm³/mol. The molecule has 3 nitrogen and oxygen atoms in total. The normalized spacial score (nSPS) is 14.7. The highest BCUT2D eigenvalue weighted by atomic mass is 35.5. The lowest BCUT2D eigenvalue weighted by molar-refractivity contribution is 0.0882. The number of nitrogens with zero attached hydrogens (tertiary/aromatic N) is 1. The van der Waals surface area contributed by atoms with Crippen LogP contribution >= 0.6 is 46.4 Å². The molecule has 0 atom stereocenters. The largest absolute Gasteiger partial charge is 0.296 e. The van der Waals surface area contributed by atoms with E-state index in [1.54, 1.807) is 0 Å². The lowest BCUT2D eigenvalue weighted by Gasteiger charge is -2.07. The molecule has 0 spiro atoms. The molecule has 0 aliphatic carbocycles. The fourth-order valence-electron chi connectivity index (χ4n) is 1.49. The topological polar surface area (TPSA) is 44.2 Å². The van der Waals surface area contributed by atoms with Gasteiger partial charge in [-0.05, 0) is 0 Å². The van der Waals surface area contributed by atoms with E-state index in [0.29, 0.717) is 0 Å². The number of fused-ring (bicyclic) bond motifs is 1. The fourth-order valence-corrected chi connectivity index (χ4v) is 2.51. The van der Waals surface area contributed by atoms with Crippen molar-refractivity contribution in [2.75, 3.05) is 7.05 Å². The van der Waals surface area contributed by atoms with E-state index < -0.39 is 5.91 Å². The number of amides is 1. The van der Waals surface area contributed by atoms with Gasteiger partial charge in [-0.2, -0.15) is 0 Å². The van der Waals surface area contributed by atoms with Crippen LogP contribution in [0.2, 0.25) is 20.1 Å². The fraction of sp³-hybridized carbons (Fsp3) is 0.111. The minimum Gasteiger partial charge on any atom is -0.296 e. The Hall–Kier alpha value is -0.480. The van der Waals surface area contributed by atoms with Crippen molar-refractivity contribution in [3.05, 3.63) is 31.2 Å². The smallest absolute Gasteiger partial charge is 0.261 e. The van der Waals surface area contributed by atoms with Crippen molar-refractivity contribution in [2.45, 2.75) is 0 Å². The maximum Gasteiger partial charge on any atom is 0.261 e. The zero-order chi connectivity index (χ0) is 12.2. The Bertz CT molecular complexity index is 494. The van der Waals surface area contributed by atoms with E-state index in [9.17, 15) is 4.79 Å². The van der Waals surface area contributed by atoms with E-state index in [4.69, 9.17) is 51.8 Å². The Morgan fingerprint density at radius 1 is 0.938 bits per heavy atom. The van der Waals surface area contributed by atoms with Crippen LogP contribution < -0.4 is 0 Å². The van der Waals surface area contributed by atoms with Crippen LogP contribution in [-0.4, -0.2) is 23.7 Å². The van der Waals surface area contributed by atoms with E-state index in [2.05, 4.69) is 0 Å². The van der Waals surface area contributed by atoms with Crippen LogP contribution in [0.4, 0.5) is 0 Å². The molecule has 0 saturated heterocycles. The molecule has 1 amide bonds. The number of halogens is 4. The molecule has 0 aromatic heterocycles. The number of hydrogen-bond donors (Lipinski definition) is 1. The third-order valence-corrected chi connectivity index (χ3v) is 4.16. The monoisotopic (exact) mass is 296 g/mol. The van der Waals surface area contributed by atoms with Crippen molar-refractivity contribution in [3.8, 4) is 0 Å². The van der Waals surface area contributed by atoms with E-state index in [1.807, 2.05) is 0 Å². The molecule has 0 fully saturated rings. The van der Waals surface area contributed by atoms with Gasteiger partial charge in [0.15, 0.2) is 0 Å². The molecule has 1 aliphatic rings. The Morgan fingerprint density at radius 2 is 1.38 bits per heavy atom. The molecule has 0 radical (unpaired) electrons. The molecule has 0 saturated carbocycles. The highest BCUT2D eigenvalue weighted by Crippen LogP contribution is 2.44. The van der Waals surface area contributed by atoms with Gasteiger partial charge in [0.25, 0.3) is 5.91 Å². The SMILES string of the molecule is CN1C(=N)c2c(Cl)c(Cl)c(Cl)c(Cl)c2C1=O. The molecule has 2 rings (SSSR count). The number of amidine groups is 1. The van der Waals surface area contributed by atoms with Crippen LogP contribution in [-0.2, 0) is 0 Å². The third-order valence-electron chi connectivity index (χ3n) is 2.36. The van der Waals surface area contributed by atoms with E-state index in [1.165, 1.54) is 7.05 Å². The zero-order valence-electron chi connectivity index (χ0n) is 7.87. The van der Waals surface area contributed by atoms with Crippen LogP contribution in [0.5, 0.6) is 0 Å². The molecular formula is C9H4Cl4N2O. The molecule has 0 bridgehead atoms. The minimum absolute atomic E-state index is 0.0310. The number of carbonyl (C=O) groups excluding carboxylic acids is 1. The van der Waals surface area contributed by atoms with Crippen LogP contribution in [0, 0.1) is 5.41 Å². The first-order chi connectivity index (χ1) is 7.37. The van der Waals surface area contributed by atoms with Gasteiger partial charge in [-0.3, -0.25) is 15.1 Å². The van der Waals surface area contributed by atoms with E-state index in [-0.39, 0.29) is 37.1 Å². The highest BCUT2D eigenvalue weighted by Gasteiger charge is 2.37. The predicted octanol–water partition coefficient (Wildman–Crippen LogP) is 3.71. The van der Waals surface area contributed by atoms with E-state index >= 15 is 0 Å². The summed E-state index contributed by atoms with van der Waals surface area (Å²) in [7, 11) is 1.46. The Kier molecular flexibility index (Phi) is 2.83. The minimum atomic E-state index is -0.412. The average molecular weight is 298 g/mol. The second-order valence-corrected chi connectivity index (χ2v) is 4.73. The molecule has 84 valence electrons. The molecule has 16 heavy (non-hydrogen) atoms. The van der Waals surface area contributed by atoms with Gasteiger partial charge in [0.05, 0.1) is 31.2 Å². The molecule has 1 aliphatic heterocycles. The molecule has 0 unspecified atom stereocenters. The van der Waals surface area contributed by atoms with Crippen molar-refractivity contribution in [3.63, 3.8) is 0 Å². The van der Waals surface area contributed by atoms with E-state index in [0.717, 1.165) is 4.90 Å². The van der Waals surface area contributed by atoms with Crippen molar-refractivity contribution in [1.29, 1.82) is 5.41 Å². The van der Waals surface area contributed by atoms with Crippen molar-refractivity contribution < 1.29 is 4.79 Å². The van der Waals surface area contributed by atoms with Gasteiger partial charge < -0.3 is 0 Å². The van der Waals surface area contributed by atoms with Crippen molar-refractivity contribution in [2.24, 2.45) is 0 Å². The van der Waals surface area contributed by atoms with Gasteiger partial charge in [0, 0.05) is 7.05 Å². The first-order valence-electron chi connectivity index (χ1n) is 4.10. The summed E-state index contributed by atoms with van der Waals surface area (Å²) in [4.78, 5) is 12.9. The molecule has 7 heteroatoms. The number of nitrogens with one attached hydrogen (secondary N) is 1. The lowest BCUT2D eigenvalue weighted by atomic mass is 10.1. The standard InChI is InChI=1S/C9H4Cl4N2O/c1-15-8(14)2-3(9(15)16)5(11)7(13)6(12)4(2)10/h14H,1H3. The van der Waals surface area contributed by atoms with Gasteiger partial charge >= 0.3 is 0 Å². The number of rotatable bonds is 0. The quantitative estimate of drug-likeness (QED) is 0.576. The summed E-state index contributed by atoms with van der Waals surface area (Å²) < 4.78 is 0. The summed E-state index contributed by atoms with van der Waals surface area (Å²) >= 11 is 23.6. The van der Waals surface area contributed by atoms with Gasteiger partial charge in [-0.15, -0.1) is 0 Å². The van der Waals surface area contributed by atoms with Gasteiger partial charge in [0.2, 0.25) is 0 Å². The van der Waals surface area contributed by atoms with Crippen molar-refractivity contribution >= 4 is 58.1 Å². The second kappa shape index (κ2) is 3.77. The molecule has 1 aromatic carbocycles. The number of hydrogen-bond acceptors (Lipinski definition) is 2.